The Bertz CT molecular complexity index is 882. The predicted molar refractivity (Wildman–Crippen MR) is 98.8 cm³/mol. The predicted octanol–water partition coefficient (Wildman–Crippen LogP) is 3.35. The fraction of sp³-hybridized carbons (Fsp3) is 0.211. The van der Waals surface area contributed by atoms with E-state index in [9.17, 15) is 14.4 Å². The zero-order valence-electron chi connectivity index (χ0n) is 13.9. The molecular formula is C19H17ClN2O4. The van der Waals surface area contributed by atoms with Crippen LogP contribution in [-0.2, 0) is 16.0 Å². The quantitative estimate of drug-likeness (QED) is 0.842. The molecule has 3 rings (SSSR count). The average molecular weight is 373 g/mol. The molecule has 1 aliphatic heterocycles. The summed E-state index contributed by atoms with van der Waals surface area (Å²) in [4.78, 5) is 37.1. The van der Waals surface area contributed by atoms with Crippen LogP contribution in [0.3, 0.4) is 0 Å². The van der Waals surface area contributed by atoms with Crippen molar-refractivity contribution in [1.29, 1.82) is 0 Å². The monoisotopic (exact) mass is 372 g/mol. The Kier molecular flexibility index (Phi) is 5.23. The fourth-order valence-corrected chi connectivity index (χ4v) is 3.14. The number of carbonyl (C=O) groups is 3. The van der Waals surface area contributed by atoms with E-state index in [0.717, 1.165) is 11.3 Å². The lowest BCUT2D eigenvalue weighted by Gasteiger charge is -2.29. The van der Waals surface area contributed by atoms with Gasteiger partial charge in [-0.15, -0.1) is 0 Å². The van der Waals surface area contributed by atoms with Crippen LogP contribution in [0.2, 0.25) is 5.02 Å². The van der Waals surface area contributed by atoms with E-state index >= 15 is 0 Å². The maximum absolute atomic E-state index is 12.2. The minimum absolute atomic E-state index is 0.00356. The van der Waals surface area contributed by atoms with Gasteiger partial charge in [0.15, 0.2) is 0 Å². The van der Waals surface area contributed by atoms with Crippen LogP contribution < -0.4 is 10.2 Å². The third kappa shape index (κ3) is 3.86. The van der Waals surface area contributed by atoms with Crippen LogP contribution in [0.4, 0.5) is 11.4 Å². The normalized spacial score (nSPS) is 13.3. The van der Waals surface area contributed by atoms with Gasteiger partial charge in [0.1, 0.15) is 0 Å². The lowest BCUT2D eigenvalue weighted by atomic mass is 10.0. The number of carboxylic acids is 1. The van der Waals surface area contributed by atoms with Gasteiger partial charge in [0.2, 0.25) is 11.8 Å². The van der Waals surface area contributed by atoms with E-state index < -0.39 is 5.97 Å². The molecule has 0 fully saturated rings. The van der Waals surface area contributed by atoms with Crippen LogP contribution in [0, 0.1) is 0 Å². The topological polar surface area (TPSA) is 86.7 Å². The largest absolute Gasteiger partial charge is 0.478 e. The van der Waals surface area contributed by atoms with Gasteiger partial charge in [0, 0.05) is 30.8 Å². The SMILES string of the molecule is O=C(CCN1C(=O)CCc2ccccc21)Nc1ccc(Cl)c(C(=O)O)c1. The Morgan fingerprint density at radius 2 is 1.92 bits per heavy atom. The minimum atomic E-state index is -1.17. The van der Waals surface area contributed by atoms with Crippen molar-refractivity contribution in [2.75, 3.05) is 16.8 Å². The van der Waals surface area contributed by atoms with Gasteiger partial charge in [-0.3, -0.25) is 9.59 Å². The van der Waals surface area contributed by atoms with Crippen LogP contribution in [0.15, 0.2) is 42.5 Å². The number of para-hydroxylation sites is 1. The summed E-state index contributed by atoms with van der Waals surface area (Å²) in [7, 11) is 0. The highest BCUT2D eigenvalue weighted by molar-refractivity contribution is 6.33. The molecule has 0 spiro atoms. The van der Waals surface area contributed by atoms with Crippen LogP contribution >= 0.6 is 11.6 Å². The zero-order chi connectivity index (χ0) is 18.7. The summed E-state index contributed by atoms with van der Waals surface area (Å²) in [5.41, 5.74) is 2.21. The fourth-order valence-electron chi connectivity index (χ4n) is 2.95. The van der Waals surface area contributed by atoms with E-state index in [2.05, 4.69) is 5.32 Å². The van der Waals surface area contributed by atoms with Crippen molar-refractivity contribution in [3.05, 3.63) is 58.6 Å². The molecule has 0 bridgehead atoms. The Balaban J connectivity index is 1.66. The van der Waals surface area contributed by atoms with Crippen molar-refractivity contribution < 1.29 is 19.5 Å². The van der Waals surface area contributed by atoms with Gasteiger partial charge < -0.3 is 15.3 Å². The smallest absolute Gasteiger partial charge is 0.337 e. The molecule has 1 aliphatic rings. The summed E-state index contributed by atoms with van der Waals surface area (Å²) in [6.07, 6.45) is 1.24. The molecule has 134 valence electrons. The van der Waals surface area contributed by atoms with E-state index in [1.807, 2.05) is 24.3 Å². The lowest BCUT2D eigenvalue weighted by molar-refractivity contribution is -0.119. The first-order chi connectivity index (χ1) is 12.5. The number of carboxylic acid groups (broad SMARTS) is 1. The van der Waals surface area contributed by atoms with Crippen LogP contribution in [0.25, 0.3) is 0 Å². The molecule has 2 aromatic carbocycles. The summed E-state index contributed by atoms with van der Waals surface area (Å²) >= 11 is 5.82. The van der Waals surface area contributed by atoms with Crippen molar-refractivity contribution >= 4 is 40.8 Å². The summed E-state index contributed by atoms with van der Waals surface area (Å²) in [6.45, 7) is 0.265. The second-order valence-corrected chi connectivity index (χ2v) is 6.38. The number of rotatable bonds is 5. The summed E-state index contributed by atoms with van der Waals surface area (Å²) in [6, 6.07) is 11.9. The molecule has 2 N–H and O–H groups in total. The molecule has 0 atom stereocenters. The molecule has 0 saturated heterocycles. The number of hydrogen-bond acceptors (Lipinski definition) is 3. The van der Waals surface area contributed by atoms with Crippen LogP contribution in [-0.4, -0.2) is 29.4 Å². The highest BCUT2D eigenvalue weighted by Gasteiger charge is 2.24. The molecule has 7 heteroatoms. The Morgan fingerprint density at radius 3 is 2.69 bits per heavy atom. The molecule has 0 saturated carbocycles. The number of amides is 2. The van der Waals surface area contributed by atoms with Gasteiger partial charge in [-0.05, 0) is 36.2 Å². The number of aryl methyl sites for hydroxylation is 1. The number of carbonyl (C=O) groups excluding carboxylic acids is 2. The van der Waals surface area contributed by atoms with E-state index in [4.69, 9.17) is 16.7 Å². The van der Waals surface area contributed by atoms with Crippen LogP contribution in [0.1, 0.15) is 28.8 Å². The average Bonchev–Trinajstić information content (AvgIpc) is 2.62. The highest BCUT2D eigenvalue weighted by atomic mass is 35.5. The summed E-state index contributed by atoms with van der Waals surface area (Å²) in [5, 5.41) is 11.8. The lowest BCUT2D eigenvalue weighted by Crippen LogP contribution is -2.37. The number of anilines is 2. The maximum atomic E-state index is 12.2. The van der Waals surface area contributed by atoms with E-state index in [-0.39, 0.29) is 35.4 Å². The molecule has 0 radical (unpaired) electrons. The van der Waals surface area contributed by atoms with Crippen molar-refractivity contribution in [2.24, 2.45) is 0 Å². The van der Waals surface area contributed by atoms with Gasteiger partial charge in [0.05, 0.1) is 10.6 Å². The first kappa shape index (κ1) is 17.9. The second-order valence-electron chi connectivity index (χ2n) is 5.97. The van der Waals surface area contributed by atoms with E-state index in [1.165, 1.54) is 18.2 Å². The number of halogens is 1. The first-order valence-corrected chi connectivity index (χ1v) is 8.54. The van der Waals surface area contributed by atoms with Crippen LogP contribution in [0.5, 0.6) is 0 Å². The molecule has 0 aromatic heterocycles. The number of aromatic carboxylic acids is 1. The summed E-state index contributed by atoms with van der Waals surface area (Å²) < 4.78 is 0. The molecule has 26 heavy (non-hydrogen) atoms. The molecule has 0 aliphatic carbocycles. The standard InChI is InChI=1S/C19H17ClN2O4/c20-15-7-6-13(11-14(15)19(25)26)21-17(23)9-10-22-16-4-2-1-3-12(16)5-8-18(22)24/h1-4,6-7,11H,5,8-10H2,(H,21,23)(H,25,26). The second kappa shape index (κ2) is 7.58. The maximum Gasteiger partial charge on any atom is 0.337 e. The third-order valence-corrected chi connectivity index (χ3v) is 4.56. The van der Waals surface area contributed by atoms with Gasteiger partial charge in [-0.2, -0.15) is 0 Å². The molecule has 2 amide bonds. The molecule has 0 unspecified atom stereocenters. The summed E-state index contributed by atoms with van der Waals surface area (Å²) in [5.74, 6) is -1.47. The van der Waals surface area contributed by atoms with Gasteiger partial charge in [0.25, 0.3) is 0 Å². The van der Waals surface area contributed by atoms with Crippen molar-refractivity contribution in [3.8, 4) is 0 Å². The van der Waals surface area contributed by atoms with Gasteiger partial charge in [-0.1, -0.05) is 29.8 Å². The van der Waals surface area contributed by atoms with Crippen molar-refractivity contribution in [3.63, 3.8) is 0 Å². The minimum Gasteiger partial charge on any atom is -0.478 e. The first-order valence-electron chi connectivity index (χ1n) is 8.16. The van der Waals surface area contributed by atoms with Gasteiger partial charge in [-0.25, -0.2) is 4.79 Å². The number of hydrogen-bond donors (Lipinski definition) is 2. The number of nitrogens with one attached hydrogen (secondary N) is 1. The van der Waals surface area contributed by atoms with Gasteiger partial charge >= 0.3 is 5.97 Å². The highest BCUT2D eigenvalue weighted by Crippen LogP contribution is 2.27. The molecule has 6 nitrogen and oxygen atoms in total. The van der Waals surface area contributed by atoms with E-state index in [0.29, 0.717) is 18.5 Å². The molecule has 1 heterocycles. The third-order valence-electron chi connectivity index (χ3n) is 4.23. The number of fused-ring (bicyclic) bond motifs is 1. The molecule has 2 aromatic rings. The van der Waals surface area contributed by atoms with Crippen molar-refractivity contribution in [1.82, 2.24) is 0 Å². The Labute approximate surface area is 155 Å². The number of benzene rings is 2. The Morgan fingerprint density at radius 1 is 1.15 bits per heavy atom. The molecular weight excluding hydrogens is 356 g/mol. The Hall–Kier alpha value is -2.86. The zero-order valence-corrected chi connectivity index (χ0v) is 14.6. The van der Waals surface area contributed by atoms with Crippen molar-refractivity contribution in [2.45, 2.75) is 19.3 Å². The van der Waals surface area contributed by atoms with E-state index in [1.54, 1.807) is 4.90 Å². The number of nitrogens with zero attached hydrogens (tertiary/aromatic N) is 1.